The van der Waals surface area contributed by atoms with Gasteiger partial charge in [-0.1, -0.05) is 43.2 Å². The van der Waals surface area contributed by atoms with E-state index in [-0.39, 0.29) is 11.9 Å². The number of nitrogens with two attached hydrogens (primary N) is 1. The molecule has 0 spiro atoms. The molecule has 6 nitrogen and oxygen atoms in total. The Labute approximate surface area is 194 Å². The molecule has 1 aliphatic carbocycles. The Morgan fingerprint density at radius 1 is 0.970 bits per heavy atom. The number of hydrogen-bond donors (Lipinski definition) is 2. The second-order valence-electron chi connectivity index (χ2n) is 9.17. The fraction of sp³-hybridized carbons (Fsp3) is 0.346. The van der Waals surface area contributed by atoms with Crippen molar-refractivity contribution in [1.82, 2.24) is 4.31 Å². The first-order valence-corrected chi connectivity index (χ1v) is 13.1. The normalized spacial score (nSPS) is 21.5. The summed E-state index contributed by atoms with van der Waals surface area (Å²) in [5.74, 6) is 0.360. The van der Waals surface area contributed by atoms with Crippen molar-refractivity contribution in [1.29, 1.82) is 0 Å². The van der Waals surface area contributed by atoms with Crippen molar-refractivity contribution >= 4 is 38.1 Å². The molecule has 2 unspecified atom stereocenters. The number of nitrogens with one attached hydrogen (secondary N) is 1. The maximum atomic E-state index is 13.6. The fourth-order valence-corrected chi connectivity index (χ4v) is 7.12. The molecule has 7 heteroatoms. The summed E-state index contributed by atoms with van der Waals surface area (Å²) >= 11 is 0. The Morgan fingerprint density at radius 3 is 2.64 bits per heavy atom. The van der Waals surface area contributed by atoms with Crippen LogP contribution in [0, 0.1) is 5.92 Å². The molecule has 1 saturated carbocycles. The molecule has 0 aromatic heterocycles. The number of para-hydroxylation sites is 1. The van der Waals surface area contributed by atoms with E-state index in [1.165, 1.54) is 6.42 Å². The maximum absolute atomic E-state index is 13.6. The molecule has 2 bridgehead atoms. The van der Waals surface area contributed by atoms with Gasteiger partial charge in [-0.25, -0.2) is 8.42 Å². The molecule has 2 aliphatic rings. The van der Waals surface area contributed by atoms with Gasteiger partial charge in [-0.05, 0) is 67.3 Å². The molecule has 2 fully saturated rings. The average molecular weight is 464 g/mol. The molecule has 2 atom stereocenters. The van der Waals surface area contributed by atoms with Gasteiger partial charge in [0.05, 0.1) is 10.5 Å². The highest BCUT2D eigenvalue weighted by Crippen LogP contribution is 2.37. The number of nitrogens with zero attached hydrogens (tertiary/aromatic N) is 1. The smallest absolute Gasteiger partial charge is 0.257 e. The van der Waals surface area contributed by atoms with Gasteiger partial charge in [0.2, 0.25) is 10.0 Å². The van der Waals surface area contributed by atoms with Crippen LogP contribution in [0.5, 0.6) is 0 Å². The van der Waals surface area contributed by atoms with Gasteiger partial charge in [0, 0.05) is 29.3 Å². The predicted octanol–water partition coefficient (Wildman–Crippen LogP) is 5.02. The van der Waals surface area contributed by atoms with Gasteiger partial charge >= 0.3 is 0 Å². The monoisotopic (exact) mass is 463 g/mol. The van der Waals surface area contributed by atoms with E-state index >= 15 is 0 Å². The number of rotatable bonds is 4. The summed E-state index contributed by atoms with van der Waals surface area (Å²) in [6.07, 6.45) is 6.30. The molecule has 1 saturated heterocycles. The summed E-state index contributed by atoms with van der Waals surface area (Å²) in [4.78, 5) is 13.1. The van der Waals surface area contributed by atoms with Crippen molar-refractivity contribution < 1.29 is 13.2 Å². The molecule has 33 heavy (non-hydrogen) atoms. The van der Waals surface area contributed by atoms with E-state index in [1.54, 1.807) is 46.8 Å². The van der Waals surface area contributed by atoms with E-state index < -0.39 is 10.0 Å². The van der Waals surface area contributed by atoms with Crippen LogP contribution in [0.25, 0.3) is 10.8 Å². The van der Waals surface area contributed by atoms with Crippen molar-refractivity contribution in [2.75, 3.05) is 17.6 Å². The number of hydrogen-bond acceptors (Lipinski definition) is 4. The molecule has 1 aliphatic heterocycles. The quantitative estimate of drug-likeness (QED) is 0.532. The van der Waals surface area contributed by atoms with Crippen LogP contribution < -0.4 is 11.1 Å². The van der Waals surface area contributed by atoms with Crippen LogP contribution in [0.3, 0.4) is 0 Å². The largest absolute Gasteiger partial charge is 0.398 e. The molecule has 172 valence electrons. The fourth-order valence-electron chi connectivity index (χ4n) is 5.38. The number of carbonyl (C=O) groups is 1. The number of fused-ring (bicyclic) bond motifs is 3. The van der Waals surface area contributed by atoms with Gasteiger partial charge in [0.15, 0.2) is 0 Å². The third-order valence-electron chi connectivity index (χ3n) is 7.07. The van der Waals surface area contributed by atoms with Crippen LogP contribution in [0.4, 0.5) is 11.4 Å². The lowest BCUT2D eigenvalue weighted by molar-refractivity contribution is 0.102. The summed E-state index contributed by atoms with van der Waals surface area (Å²) in [6, 6.07) is 17.7. The number of anilines is 2. The summed E-state index contributed by atoms with van der Waals surface area (Å²) in [5, 5.41) is 4.48. The van der Waals surface area contributed by atoms with E-state index in [0.717, 1.165) is 42.9 Å². The van der Waals surface area contributed by atoms with Crippen LogP contribution in [0.2, 0.25) is 0 Å². The van der Waals surface area contributed by atoms with Crippen LogP contribution in [-0.2, 0) is 10.0 Å². The SMILES string of the molecule is Nc1ccccc1C(=O)Nc1cccc2cc(S(=O)(=O)N3CCCC4CCCC3C4)ccc12. The standard InChI is InChI=1S/C26H29N3O3S/c27-24-11-2-1-10-23(24)26(30)28-25-12-4-8-19-17-21(13-14-22(19)25)33(31,32)29-15-5-7-18-6-3-9-20(29)16-18/h1-2,4,8,10-14,17-18,20H,3,5-7,9,15-16,27H2,(H,28,30). The highest BCUT2D eigenvalue weighted by atomic mass is 32.2. The lowest BCUT2D eigenvalue weighted by Gasteiger charge is -2.33. The Balaban J connectivity index is 1.45. The number of carbonyl (C=O) groups excluding carboxylic acids is 1. The summed E-state index contributed by atoms with van der Waals surface area (Å²) in [5.41, 5.74) is 7.37. The lowest BCUT2D eigenvalue weighted by Crippen LogP contribution is -2.41. The summed E-state index contributed by atoms with van der Waals surface area (Å²) in [6.45, 7) is 0.593. The van der Waals surface area contributed by atoms with Gasteiger partial charge in [-0.15, -0.1) is 0 Å². The van der Waals surface area contributed by atoms with Gasteiger partial charge in [0.1, 0.15) is 0 Å². The molecular weight excluding hydrogens is 434 g/mol. The van der Waals surface area contributed by atoms with E-state index in [2.05, 4.69) is 5.32 Å². The first-order chi connectivity index (χ1) is 15.9. The minimum atomic E-state index is -3.58. The number of nitrogen functional groups attached to an aromatic ring is 1. The van der Waals surface area contributed by atoms with Crippen molar-refractivity contribution in [2.45, 2.75) is 49.5 Å². The van der Waals surface area contributed by atoms with Gasteiger partial charge in [-0.3, -0.25) is 4.79 Å². The molecule has 3 aromatic carbocycles. The first-order valence-electron chi connectivity index (χ1n) is 11.6. The van der Waals surface area contributed by atoms with E-state index in [9.17, 15) is 13.2 Å². The third kappa shape index (κ3) is 4.23. The minimum absolute atomic E-state index is 0.105. The minimum Gasteiger partial charge on any atom is -0.398 e. The molecule has 0 radical (unpaired) electrons. The lowest BCUT2D eigenvalue weighted by atomic mass is 9.84. The second-order valence-corrected chi connectivity index (χ2v) is 11.1. The Kier molecular flexibility index (Phi) is 5.85. The topological polar surface area (TPSA) is 92.5 Å². The van der Waals surface area contributed by atoms with Crippen molar-refractivity contribution in [3.63, 3.8) is 0 Å². The van der Waals surface area contributed by atoms with Gasteiger partial charge < -0.3 is 11.1 Å². The predicted molar refractivity (Wildman–Crippen MR) is 132 cm³/mol. The van der Waals surface area contributed by atoms with E-state index in [4.69, 9.17) is 5.73 Å². The van der Waals surface area contributed by atoms with Crippen molar-refractivity contribution in [3.8, 4) is 0 Å². The van der Waals surface area contributed by atoms with Crippen LogP contribution in [-0.4, -0.2) is 31.2 Å². The Hall–Kier alpha value is -2.90. The van der Waals surface area contributed by atoms with Crippen LogP contribution in [0.15, 0.2) is 65.6 Å². The molecule has 3 N–H and O–H groups in total. The zero-order valence-corrected chi connectivity index (χ0v) is 19.4. The molecular formula is C26H29N3O3S. The Morgan fingerprint density at radius 2 is 1.79 bits per heavy atom. The van der Waals surface area contributed by atoms with E-state index in [1.807, 2.05) is 18.2 Å². The van der Waals surface area contributed by atoms with Crippen LogP contribution in [0.1, 0.15) is 48.9 Å². The summed E-state index contributed by atoms with van der Waals surface area (Å²) in [7, 11) is -3.58. The van der Waals surface area contributed by atoms with Crippen molar-refractivity contribution in [3.05, 3.63) is 66.2 Å². The molecule has 1 heterocycles. The first kappa shape index (κ1) is 21.9. The number of benzene rings is 3. The number of sulfonamides is 1. The highest BCUT2D eigenvalue weighted by molar-refractivity contribution is 7.89. The van der Waals surface area contributed by atoms with Gasteiger partial charge in [0.25, 0.3) is 5.91 Å². The average Bonchev–Trinajstić information content (AvgIpc) is 2.96. The molecule has 3 aromatic rings. The maximum Gasteiger partial charge on any atom is 0.257 e. The van der Waals surface area contributed by atoms with E-state index in [0.29, 0.717) is 34.3 Å². The third-order valence-corrected chi connectivity index (χ3v) is 9.01. The molecule has 5 rings (SSSR count). The number of amides is 1. The Bertz CT molecular complexity index is 1310. The van der Waals surface area contributed by atoms with Gasteiger partial charge in [-0.2, -0.15) is 4.31 Å². The highest BCUT2D eigenvalue weighted by Gasteiger charge is 2.36. The zero-order chi connectivity index (χ0) is 23.0. The van der Waals surface area contributed by atoms with Crippen molar-refractivity contribution in [2.24, 2.45) is 5.92 Å². The van der Waals surface area contributed by atoms with Crippen LogP contribution >= 0.6 is 0 Å². The molecule has 1 amide bonds. The summed E-state index contributed by atoms with van der Waals surface area (Å²) < 4.78 is 29.0. The zero-order valence-electron chi connectivity index (χ0n) is 18.5. The second kappa shape index (κ2) is 8.80.